The number of carboxylic acids is 1. The number of aliphatic carboxylic acids is 1. The van der Waals surface area contributed by atoms with Gasteiger partial charge in [-0.05, 0) is 19.3 Å². The van der Waals surface area contributed by atoms with Crippen LogP contribution < -0.4 is 11.1 Å². The highest BCUT2D eigenvalue weighted by Gasteiger charge is 2.29. The largest absolute Gasteiger partial charge is 0.480 e. The molecule has 1 rings (SSSR count). The lowest BCUT2D eigenvalue weighted by Crippen LogP contribution is -2.47. The molecule has 0 heterocycles. The summed E-state index contributed by atoms with van der Waals surface area (Å²) in [5.74, 6) is -1.37. The van der Waals surface area contributed by atoms with Gasteiger partial charge in [-0.15, -0.1) is 0 Å². The highest BCUT2D eigenvalue weighted by molar-refractivity contribution is 5.85. The lowest BCUT2D eigenvalue weighted by Gasteiger charge is -2.23. The van der Waals surface area contributed by atoms with Crippen LogP contribution in [0.3, 0.4) is 0 Å². The van der Waals surface area contributed by atoms with Crippen molar-refractivity contribution in [3.05, 3.63) is 0 Å². The normalized spacial score (nSPS) is 25.4. The number of carbonyl (C=O) groups is 2. The van der Waals surface area contributed by atoms with Crippen LogP contribution in [0, 0.1) is 5.92 Å². The maximum absolute atomic E-state index is 12.2. The van der Waals surface area contributed by atoms with Gasteiger partial charge in [0.2, 0.25) is 5.91 Å². The molecule has 5 nitrogen and oxygen atoms in total. The van der Waals surface area contributed by atoms with Crippen molar-refractivity contribution in [2.24, 2.45) is 11.7 Å². The monoisotopic (exact) mass is 270 g/mol. The molecule has 0 aromatic carbocycles. The number of rotatable bonds is 6. The molecular formula is C14H26N2O3. The zero-order valence-electron chi connectivity index (χ0n) is 11.7. The van der Waals surface area contributed by atoms with Crippen molar-refractivity contribution < 1.29 is 14.7 Å². The Hall–Kier alpha value is -1.10. The first kappa shape index (κ1) is 16.0. The van der Waals surface area contributed by atoms with Crippen molar-refractivity contribution >= 4 is 11.9 Å². The van der Waals surface area contributed by atoms with Crippen LogP contribution in [0.1, 0.15) is 58.3 Å². The Morgan fingerprint density at radius 1 is 1.32 bits per heavy atom. The van der Waals surface area contributed by atoms with Crippen LogP contribution in [0.5, 0.6) is 0 Å². The summed E-state index contributed by atoms with van der Waals surface area (Å²) in [5.41, 5.74) is 6.02. The number of unbranched alkanes of at least 4 members (excludes halogenated alkanes) is 1. The molecule has 1 saturated carbocycles. The van der Waals surface area contributed by atoms with Crippen LogP contribution in [0.2, 0.25) is 0 Å². The molecule has 0 aromatic heterocycles. The molecule has 19 heavy (non-hydrogen) atoms. The van der Waals surface area contributed by atoms with Gasteiger partial charge in [-0.1, -0.05) is 39.0 Å². The van der Waals surface area contributed by atoms with Crippen molar-refractivity contribution in [3.63, 3.8) is 0 Å². The van der Waals surface area contributed by atoms with E-state index in [0.717, 1.165) is 44.9 Å². The van der Waals surface area contributed by atoms with Gasteiger partial charge in [0.1, 0.15) is 6.04 Å². The number of amides is 1. The van der Waals surface area contributed by atoms with Crippen molar-refractivity contribution in [2.45, 2.75) is 70.4 Å². The number of nitrogens with one attached hydrogen (secondary N) is 1. The summed E-state index contributed by atoms with van der Waals surface area (Å²) < 4.78 is 0. The van der Waals surface area contributed by atoms with Crippen LogP contribution in [-0.2, 0) is 9.59 Å². The number of carboxylic acid groups (broad SMARTS) is 1. The third kappa shape index (κ3) is 5.19. The predicted molar refractivity (Wildman–Crippen MR) is 73.6 cm³/mol. The molecule has 3 atom stereocenters. The molecule has 0 saturated heterocycles. The predicted octanol–water partition coefficient (Wildman–Crippen LogP) is 1.65. The van der Waals surface area contributed by atoms with Gasteiger partial charge in [0.15, 0.2) is 0 Å². The summed E-state index contributed by atoms with van der Waals surface area (Å²) in [7, 11) is 0. The maximum Gasteiger partial charge on any atom is 0.326 e. The average Bonchev–Trinajstić information content (AvgIpc) is 2.58. The van der Waals surface area contributed by atoms with Crippen molar-refractivity contribution in [2.75, 3.05) is 0 Å². The Morgan fingerprint density at radius 3 is 2.63 bits per heavy atom. The second-order valence-electron chi connectivity index (χ2n) is 5.45. The molecule has 1 amide bonds. The average molecular weight is 270 g/mol. The van der Waals surface area contributed by atoms with E-state index in [1.54, 1.807) is 0 Å². The van der Waals surface area contributed by atoms with Gasteiger partial charge in [0, 0.05) is 6.04 Å². The Labute approximate surface area is 114 Å². The van der Waals surface area contributed by atoms with Crippen molar-refractivity contribution in [1.82, 2.24) is 5.32 Å². The highest BCUT2D eigenvalue weighted by atomic mass is 16.4. The summed E-state index contributed by atoms with van der Waals surface area (Å²) in [6.45, 7) is 2.00. The quantitative estimate of drug-likeness (QED) is 0.640. The van der Waals surface area contributed by atoms with E-state index in [4.69, 9.17) is 10.8 Å². The minimum Gasteiger partial charge on any atom is -0.480 e. The van der Waals surface area contributed by atoms with E-state index >= 15 is 0 Å². The van der Waals surface area contributed by atoms with E-state index in [1.165, 1.54) is 0 Å². The Balaban J connectivity index is 2.56. The van der Waals surface area contributed by atoms with Crippen LogP contribution in [-0.4, -0.2) is 29.1 Å². The lowest BCUT2D eigenvalue weighted by molar-refractivity contribution is -0.142. The summed E-state index contributed by atoms with van der Waals surface area (Å²) in [6.07, 6.45) is 6.99. The first-order chi connectivity index (χ1) is 9.06. The summed E-state index contributed by atoms with van der Waals surface area (Å²) in [6, 6.07) is -0.911. The third-order valence-electron chi connectivity index (χ3n) is 3.87. The standard InChI is InChI=1S/C14H26N2O3/c1-2-3-9-12(14(18)19)16-13(17)10-7-5-4-6-8-11(10)15/h10-12H,2-9,15H2,1H3,(H,16,17)(H,18,19). The van der Waals surface area contributed by atoms with Crippen LogP contribution in [0.25, 0.3) is 0 Å². The molecular weight excluding hydrogens is 244 g/mol. The molecule has 0 radical (unpaired) electrons. The summed E-state index contributed by atoms with van der Waals surface area (Å²) in [4.78, 5) is 23.3. The minimum atomic E-state index is -0.955. The van der Waals surface area contributed by atoms with Gasteiger partial charge in [0.25, 0.3) is 0 Å². The number of hydrogen-bond donors (Lipinski definition) is 3. The molecule has 4 N–H and O–H groups in total. The minimum absolute atomic E-state index is 0.136. The van der Waals surface area contributed by atoms with E-state index in [0.29, 0.717) is 6.42 Å². The van der Waals surface area contributed by atoms with E-state index in [2.05, 4.69) is 5.32 Å². The van der Waals surface area contributed by atoms with E-state index in [9.17, 15) is 9.59 Å². The van der Waals surface area contributed by atoms with Gasteiger partial charge < -0.3 is 16.2 Å². The van der Waals surface area contributed by atoms with E-state index in [-0.39, 0.29) is 17.9 Å². The zero-order valence-corrected chi connectivity index (χ0v) is 11.7. The Morgan fingerprint density at radius 2 is 2.00 bits per heavy atom. The van der Waals surface area contributed by atoms with Crippen LogP contribution in [0.15, 0.2) is 0 Å². The maximum atomic E-state index is 12.2. The molecule has 0 aliphatic heterocycles. The SMILES string of the molecule is CCCCC(NC(=O)C1CCCCCC1N)C(=O)O. The molecule has 3 unspecified atom stereocenters. The van der Waals surface area contributed by atoms with E-state index in [1.807, 2.05) is 6.92 Å². The molecule has 1 aliphatic carbocycles. The fraction of sp³-hybridized carbons (Fsp3) is 0.857. The number of carbonyl (C=O) groups excluding carboxylic acids is 1. The first-order valence-electron chi connectivity index (χ1n) is 7.35. The highest BCUT2D eigenvalue weighted by Crippen LogP contribution is 2.22. The van der Waals surface area contributed by atoms with Crippen LogP contribution >= 0.6 is 0 Å². The van der Waals surface area contributed by atoms with Gasteiger partial charge in [-0.3, -0.25) is 4.79 Å². The van der Waals surface area contributed by atoms with E-state index < -0.39 is 12.0 Å². The van der Waals surface area contributed by atoms with Crippen molar-refractivity contribution in [1.29, 1.82) is 0 Å². The smallest absolute Gasteiger partial charge is 0.326 e. The molecule has 0 spiro atoms. The van der Waals surface area contributed by atoms with Gasteiger partial charge in [-0.2, -0.15) is 0 Å². The van der Waals surface area contributed by atoms with Gasteiger partial charge in [-0.25, -0.2) is 4.79 Å². The Bertz CT molecular complexity index is 307. The second-order valence-corrected chi connectivity index (χ2v) is 5.45. The molecule has 1 fully saturated rings. The third-order valence-corrected chi connectivity index (χ3v) is 3.87. The fourth-order valence-corrected chi connectivity index (χ4v) is 2.61. The Kier molecular flexibility index (Phi) is 6.84. The van der Waals surface area contributed by atoms with Gasteiger partial charge in [0.05, 0.1) is 5.92 Å². The molecule has 1 aliphatic rings. The first-order valence-corrected chi connectivity index (χ1v) is 7.35. The number of hydrogen-bond acceptors (Lipinski definition) is 3. The lowest BCUT2D eigenvalue weighted by atomic mass is 9.94. The molecule has 5 heteroatoms. The van der Waals surface area contributed by atoms with Crippen LogP contribution in [0.4, 0.5) is 0 Å². The van der Waals surface area contributed by atoms with Crippen molar-refractivity contribution in [3.8, 4) is 0 Å². The molecule has 110 valence electrons. The molecule has 0 aromatic rings. The second kappa shape index (κ2) is 8.15. The van der Waals surface area contributed by atoms with Gasteiger partial charge >= 0.3 is 5.97 Å². The fourth-order valence-electron chi connectivity index (χ4n) is 2.61. The summed E-state index contributed by atoms with van der Waals surface area (Å²) >= 11 is 0. The zero-order chi connectivity index (χ0) is 14.3. The number of nitrogens with two attached hydrogens (primary N) is 1. The topological polar surface area (TPSA) is 92.4 Å². The summed E-state index contributed by atoms with van der Waals surface area (Å²) in [5, 5.41) is 11.8. The molecule has 0 bridgehead atoms.